The molecule has 0 N–H and O–H groups in total. The second kappa shape index (κ2) is 15.2. The minimum atomic E-state index is -2.46. The van der Waals surface area contributed by atoms with Gasteiger partial charge in [-0.1, -0.05) is 26.7 Å². The van der Waals surface area contributed by atoms with Gasteiger partial charge in [0.2, 0.25) is 0 Å². The summed E-state index contributed by atoms with van der Waals surface area (Å²) in [5.41, 5.74) is 0. The van der Waals surface area contributed by atoms with Crippen LogP contribution < -0.4 is 0 Å². The molecule has 5 nitrogen and oxygen atoms in total. The Morgan fingerprint density at radius 1 is 0.615 bits per heavy atom. The fraction of sp³-hybridized carbons (Fsp3) is 1.00. The molecule has 0 saturated heterocycles. The molecule has 0 unspecified atom stereocenters. The van der Waals surface area contributed by atoms with Gasteiger partial charge >= 0.3 is 17.3 Å². The fourth-order valence-electron chi connectivity index (χ4n) is 3.31. The van der Waals surface area contributed by atoms with Gasteiger partial charge in [-0.15, -0.1) is 0 Å². The average molecular weight is 408 g/mol. The maximum atomic E-state index is 6.43. The summed E-state index contributed by atoms with van der Waals surface area (Å²) < 4.78 is 27.6. The van der Waals surface area contributed by atoms with E-state index in [1.165, 1.54) is 25.7 Å². The van der Waals surface area contributed by atoms with Gasteiger partial charge in [0.05, 0.1) is 0 Å². The first-order chi connectivity index (χ1) is 12.5. The van der Waals surface area contributed by atoms with Crippen LogP contribution in [0.1, 0.15) is 67.2 Å². The first kappa shape index (κ1) is 26.2. The van der Waals surface area contributed by atoms with Crippen molar-refractivity contribution in [3.63, 3.8) is 0 Å². The Balaban J connectivity index is 5.44. The van der Waals surface area contributed by atoms with Crippen molar-refractivity contribution in [3.8, 4) is 0 Å². The van der Waals surface area contributed by atoms with Crippen LogP contribution in [0.2, 0.25) is 18.6 Å². The van der Waals surface area contributed by atoms with Crippen LogP contribution in [0.4, 0.5) is 0 Å². The van der Waals surface area contributed by atoms with Crippen molar-refractivity contribution in [1.29, 1.82) is 0 Å². The van der Waals surface area contributed by atoms with Gasteiger partial charge in [0.1, 0.15) is 0 Å². The number of hydrogen-bond acceptors (Lipinski definition) is 5. The zero-order valence-electron chi connectivity index (χ0n) is 18.6. The maximum Gasteiger partial charge on any atom is 0.427 e. The highest BCUT2D eigenvalue weighted by Gasteiger charge is 2.47. The average Bonchev–Trinajstić information content (AvgIpc) is 2.61. The molecule has 0 heterocycles. The third-order valence-corrected chi connectivity index (χ3v) is 11.8. The van der Waals surface area contributed by atoms with Gasteiger partial charge in [-0.25, -0.2) is 0 Å². The Morgan fingerprint density at radius 2 is 1.04 bits per heavy atom. The lowest BCUT2D eigenvalue weighted by molar-refractivity contribution is 0.117. The van der Waals surface area contributed by atoms with Crippen LogP contribution in [0, 0.1) is 0 Å². The van der Waals surface area contributed by atoms with Crippen LogP contribution >= 0.6 is 0 Å². The standard InChI is InChI=1S/C19H45NO4Si2/c1-8-14-16-20(17-15-9-2)26(23-12-5,24-13-6)19-18-25(7,21-10-3)22-11-4/h8-19H2,1-7H3. The van der Waals surface area contributed by atoms with E-state index in [4.69, 9.17) is 17.7 Å². The lowest BCUT2D eigenvalue weighted by atomic mass is 10.3. The van der Waals surface area contributed by atoms with Gasteiger partial charge in [-0.05, 0) is 66.2 Å². The van der Waals surface area contributed by atoms with E-state index in [0.29, 0.717) is 26.4 Å². The van der Waals surface area contributed by atoms with Crippen molar-refractivity contribution in [1.82, 2.24) is 4.57 Å². The van der Waals surface area contributed by atoms with Crippen LogP contribution in [0.3, 0.4) is 0 Å². The summed E-state index contributed by atoms with van der Waals surface area (Å²) in [5, 5.41) is 0. The van der Waals surface area contributed by atoms with Crippen LogP contribution in [0.25, 0.3) is 0 Å². The molecule has 0 aromatic rings. The summed E-state index contributed by atoms with van der Waals surface area (Å²) in [5.74, 6) is 0. The molecule has 0 aliphatic heterocycles. The van der Waals surface area contributed by atoms with Crippen LogP contribution in [0.5, 0.6) is 0 Å². The van der Waals surface area contributed by atoms with Crippen molar-refractivity contribution in [2.24, 2.45) is 0 Å². The topological polar surface area (TPSA) is 40.2 Å². The summed E-state index contributed by atoms with van der Waals surface area (Å²) in [7, 11) is -4.64. The van der Waals surface area contributed by atoms with Gasteiger partial charge in [0.15, 0.2) is 0 Å². The molecule has 0 aliphatic carbocycles. The highest BCUT2D eigenvalue weighted by Crippen LogP contribution is 2.28. The highest BCUT2D eigenvalue weighted by atomic mass is 28.4. The lowest BCUT2D eigenvalue weighted by Crippen LogP contribution is -2.60. The third-order valence-electron chi connectivity index (χ3n) is 4.58. The van der Waals surface area contributed by atoms with Gasteiger partial charge in [0.25, 0.3) is 0 Å². The molecule has 0 aromatic carbocycles. The number of nitrogens with zero attached hydrogens (tertiary/aromatic N) is 1. The summed E-state index contributed by atoms with van der Waals surface area (Å²) in [6, 6.07) is 1.85. The Morgan fingerprint density at radius 3 is 1.38 bits per heavy atom. The minimum absolute atomic E-state index is 0.697. The molecule has 0 aromatic heterocycles. The van der Waals surface area contributed by atoms with E-state index >= 15 is 0 Å². The lowest BCUT2D eigenvalue weighted by Gasteiger charge is -2.41. The second-order valence-electron chi connectivity index (χ2n) is 6.77. The van der Waals surface area contributed by atoms with E-state index in [1.54, 1.807) is 0 Å². The zero-order chi connectivity index (χ0) is 19.9. The smallest absolute Gasteiger partial charge is 0.395 e. The first-order valence-electron chi connectivity index (χ1n) is 10.8. The molecule has 0 spiro atoms. The van der Waals surface area contributed by atoms with E-state index in [0.717, 1.165) is 25.2 Å². The van der Waals surface area contributed by atoms with E-state index in [2.05, 4.69) is 52.7 Å². The fourth-order valence-corrected chi connectivity index (χ4v) is 10.9. The van der Waals surface area contributed by atoms with Crippen LogP contribution in [-0.4, -0.2) is 61.4 Å². The van der Waals surface area contributed by atoms with Crippen molar-refractivity contribution >= 4 is 17.3 Å². The second-order valence-corrected chi connectivity index (χ2v) is 13.3. The van der Waals surface area contributed by atoms with Crippen LogP contribution in [0.15, 0.2) is 0 Å². The van der Waals surface area contributed by atoms with Gasteiger partial charge in [-0.2, -0.15) is 0 Å². The summed E-state index contributed by atoms with van der Waals surface area (Å²) in [4.78, 5) is 0. The molecule has 0 radical (unpaired) electrons. The van der Waals surface area contributed by atoms with E-state index in [1.807, 2.05) is 0 Å². The summed E-state index contributed by atoms with van der Waals surface area (Å²) in [6.07, 6.45) is 4.75. The Bertz CT molecular complexity index is 315. The molecule has 0 atom stereocenters. The van der Waals surface area contributed by atoms with E-state index < -0.39 is 17.3 Å². The Kier molecular flexibility index (Phi) is 15.3. The van der Waals surface area contributed by atoms with Gasteiger partial charge < -0.3 is 17.7 Å². The quantitative estimate of drug-likeness (QED) is 0.297. The predicted molar refractivity (Wildman–Crippen MR) is 115 cm³/mol. The molecule has 0 bridgehead atoms. The third kappa shape index (κ3) is 9.44. The number of hydrogen-bond donors (Lipinski definition) is 0. The molecule has 0 saturated carbocycles. The summed E-state index contributed by atoms with van der Waals surface area (Å²) >= 11 is 0. The van der Waals surface area contributed by atoms with Crippen molar-refractivity contribution < 1.29 is 17.7 Å². The Hall–Kier alpha value is 0.234. The largest absolute Gasteiger partial charge is 0.427 e. The monoisotopic (exact) mass is 407 g/mol. The molecular formula is C19H45NO4Si2. The summed E-state index contributed by atoms with van der Waals surface area (Å²) in [6.45, 7) is 19.9. The maximum absolute atomic E-state index is 6.43. The molecule has 0 aliphatic rings. The number of rotatable bonds is 18. The number of unbranched alkanes of at least 4 members (excludes halogenated alkanes) is 2. The van der Waals surface area contributed by atoms with Crippen LogP contribution in [-0.2, 0) is 17.7 Å². The minimum Gasteiger partial charge on any atom is -0.395 e. The molecule has 0 fully saturated rings. The SMILES string of the molecule is CCCCN(CCCC)[Si](CC[Si](C)(OCC)OCC)(OCC)OCC. The van der Waals surface area contributed by atoms with Crippen molar-refractivity contribution in [2.45, 2.75) is 85.9 Å². The van der Waals surface area contributed by atoms with E-state index in [-0.39, 0.29) is 0 Å². The van der Waals surface area contributed by atoms with E-state index in [9.17, 15) is 0 Å². The molecule has 0 amide bonds. The van der Waals surface area contributed by atoms with Crippen molar-refractivity contribution in [2.75, 3.05) is 39.5 Å². The molecule has 158 valence electrons. The Labute approximate surface area is 165 Å². The van der Waals surface area contributed by atoms with Crippen molar-refractivity contribution in [3.05, 3.63) is 0 Å². The first-order valence-corrected chi connectivity index (χ1v) is 15.3. The predicted octanol–water partition coefficient (Wildman–Crippen LogP) is 5.05. The zero-order valence-corrected chi connectivity index (χ0v) is 20.6. The highest BCUT2D eigenvalue weighted by molar-refractivity contribution is 6.71. The molecule has 7 heteroatoms. The molecular weight excluding hydrogens is 362 g/mol. The van der Waals surface area contributed by atoms with Gasteiger partial charge in [-0.3, -0.25) is 4.57 Å². The van der Waals surface area contributed by atoms with Gasteiger partial charge in [0, 0.05) is 32.5 Å². The molecule has 0 rings (SSSR count). The normalized spacial score (nSPS) is 12.9. The molecule has 26 heavy (non-hydrogen) atoms.